The quantitative estimate of drug-likeness (QED) is 0.00915. The number of hydrogen-bond acceptors (Lipinski definition) is 13. The molecule has 6 N–H and O–H groups in total. The summed E-state index contributed by atoms with van der Waals surface area (Å²) >= 11 is 0. The van der Waals surface area contributed by atoms with Crippen molar-refractivity contribution < 1.29 is 67.9 Å². The molecular formula is C45H75O14P. The molecule has 8 atom stereocenters. The lowest BCUT2D eigenvalue weighted by Crippen LogP contribution is -2.64. The highest BCUT2D eigenvalue weighted by Crippen LogP contribution is 2.47. The molecule has 1 fully saturated rings. The molecule has 1 saturated carbocycles. The van der Waals surface area contributed by atoms with Gasteiger partial charge in [0.2, 0.25) is 0 Å². The fourth-order valence-corrected chi connectivity index (χ4v) is 7.13. The second-order valence-corrected chi connectivity index (χ2v) is 16.6. The molecule has 0 saturated heterocycles. The topological polar surface area (TPSA) is 227 Å². The van der Waals surface area contributed by atoms with Crippen molar-refractivity contribution in [3.05, 3.63) is 60.8 Å². The molecule has 0 aromatic carbocycles. The number of carbonyl (C=O) groups excluding carboxylic acids is 3. The van der Waals surface area contributed by atoms with Crippen molar-refractivity contribution in [3.8, 4) is 0 Å². The SMILES string of the molecule is CCCCC/C=C\C=C\C(=O)CCCCCCCC(=O)OC[C@H](COP(=O)(O)OC1[C@H](O)[C@H](O)C(O)[C@H](O)[C@H]1O)OC(=O)CCCC/C=C\C/C=C\C/C=C\CCCCC. The van der Waals surface area contributed by atoms with Gasteiger partial charge in [-0.2, -0.15) is 0 Å². The van der Waals surface area contributed by atoms with Gasteiger partial charge in [0.15, 0.2) is 11.9 Å². The van der Waals surface area contributed by atoms with Crippen molar-refractivity contribution in [2.75, 3.05) is 13.2 Å². The van der Waals surface area contributed by atoms with Crippen molar-refractivity contribution in [2.24, 2.45) is 0 Å². The number of ketones is 1. The van der Waals surface area contributed by atoms with E-state index in [-0.39, 0.29) is 18.6 Å². The highest BCUT2D eigenvalue weighted by Gasteiger charge is 2.51. The van der Waals surface area contributed by atoms with E-state index in [0.717, 1.165) is 64.2 Å². The molecule has 0 aromatic rings. The minimum absolute atomic E-state index is 0.0205. The minimum Gasteiger partial charge on any atom is -0.462 e. The van der Waals surface area contributed by atoms with Gasteiger partial charge in [0.05, 0.1) is 6.61 Å². The molecule has 15 heteroatoms. The molecule has 14 nitrogen and oxygen atoms in total. The van der Waals surface area contributed by atoms with E-state index in [9.17, 15) is 49.4 Å². The number of hydrogen-bond donors (Lipinski definition) is 6. The van der Waals surface area contributed by atoms with Gasteiger partial charge in [-0.15, -0.1) is 0 Å². The average Bonchev–Trinajstić information content (AvgIpc) is 3.22. The van der Waals surface area contributed by atoms with Crippen LogP contribution in [0.5, 0.6) is 0 Å². The molecule has 1 rings (SSSR count). The van der Waals surface area contributed by atoms with E-state index in [1.165, 1.54) is 32.1 Å². The van der Waals surface area contributed by atoms with E-state index >= 15 is 0 Å². The average molecular weight is 871 g/mol. The number of phosphoric acid groups is 1. The first-order valence-electron chi connectivity index (χ1n) is 22.0. The van der Waals surface area contributed by atoms with E-state index in [4.69, 9.17) is 18.5 Å². The van der Waals surface area contributed by atoms with Gasteiger partial charge in [0, 0.05) is 19.3 Å². The molecule has 0 aromatic heterocycles. The number of allylic oxidation sites excluding steroid dienone is 10. The fraction of sp³-hybridized carbons (Fsp3) is 0.711. The summed E-state index contributed by atoms with van der Waals surface area (Å²) in [6.07, 6.45) is 23.8. The summed E-state index contributed by atoms with van der Waals surface area (Å²) in [5, 5.41) is 50.1. The summed E-state index contributed by atoms with van der Waals surface area (Å²) in [4.78, 5) is 47.7. The van der Waals surface area contributed by atoms with Crippen LogP contribution in [0.1, 0.15) is 149 Å². The third kappa shape index (κ3) is 27.2. The molecular weight excluding hydrogens is 795 g/mol. The van der Waals surface area contributed by atoms with Crippen LogP contribution < -0.4 is 0 Å². The van der Waals surface area contributed by atoms with Gasteiger partial charge in [0.1, 0.15) is 43.2 Å². The van der Waals surface area contributed by atoms with Crippen LogP contribution in [0.2, 0.25) is 0 Å². The van der Waals surface area contributed by atoms with Crippen LogP contribution in [-0.4, -0.2) is 104 Å². The standard InChI is InChI=1S/C45H75O14P/c1-3-5-7-9-11-12-13-14-15-16-17-18-20-24-29-33-39(48)58-37(35-57-60(54,55)59-45-43(52)41(50)40(49)42(51)44(45)53)34-56-38(47)32-28-25-21-23-27-31-36(46)30-26-22-19-10-8-6-4-2/h11-12,14-15,17-19,22,26,30,37,40-45,49-53H,3-10,13,16,20-21,23-25,27-29,31-35H2,1-2H3,(H,54,55)/b12-11-,15-14-,18-17-,22-19-,30-26+/t37-,40?,41-,42+,43-,44-,45?/m1/s1. The van der Waals surface area contributed by atoms with Crippen molar-refractivity contribution in [1.29, 1.82) is 0 Å². The monoisotopic (exact) mass is 870 g/mol. The highest BCUT2D eigenvalue weighted by molar-refractivity contribution is 7.47. The Hall–Kier alpha value is -2.78. The number of esters is 2. The third-order valence-corrected chi connectivity index (χ3v) is 10.8. The first-order chi connectivity index (χ1) is 28.8. The Kier molecular flexibility index (Phi) is 32.0. The van der Waals surface area contributed by atoms with E-state index in [1.807, 2.05) is 12.2 Å². The number of unbranched alkanes of at least 4 members (excludes halogenated alkanes) is 12. The van der Waals surface area contributed by atoms with E-state index in [2.05, 4.69) is 50.3 Å². The van der Waals surface area contributed by atoms with Crippen LogP contribution in [0, 0.1) is 0 Å². The maximum absolute atomic E-state index is 12.8. The Balaban J connectivity index is 2.56. The summed E-state index contributed by atoms with van der Waals surface area (Å²) in [6.45, 7) is 3.06. The van der Waals surface area contributed by atoms with Crippen LogP contribution in [-0.2, 0) is 37.5 Å². The Morgan fingerprint density at radius 1 is 0.567 bits per heavy atom. The predicted molar refractivity (Wildman–Crippen MR) is 231 cm³/mol. The molecule has 0 aliphatic heterocycles. The van der Waals surface area contributed by atoms with Crippen LogP contribution >= 0.6 is 7.82 Å². The lowest BCUT2D eigenvalue weighted by Gasteiger charge is -2.41. The van der Waals surface area contributed by atoms with Crippen LogP contribution in [0.15, 0.2) is 60.8 Å². The number of carbonyl (C=O) groups is 3. The fourth-order valence-electron chi connectivity index (χ4n) is 6.16. The molecule has 1 aliphatic carbocycles. The predicted octanol–water partition coefficient (Wildman–Crippen LogP) is 7.34. The molecule has 0 amide bonds. The Labute approximate surface area is 358 Å². The Morgan fingerprint density at radius 2 is 1.05 bits per heavy atom. The highest BCUT2D eigenvalue weighted by atomic mass is 31.2. The summed E-state index contributed by atoms with van der Waals surface area (Å²) in [6, 6.07) is 0. The zero-order chi connectivity index (χ0) is 44.4. The van der Waals surface area contributed by atoms with E-state index < -0.39 is 75.7 Å². The Bertz CT molecular complexity index is 1340. The molecule has 0 radical (unpaired) electrons. The van der Waals surface area contributed by atoms with Crippen molar-refractivity contribution in [2.45, 2.75) is 191 Å². The second-order valence-electron chi connectivity index (χ2n) is 15.2. The summed E-state index contributed by atoms with van der Waals surface area (Å²) in [5.41, 5.74) is 0. The zero-order valence-electron chi connectivity index (χ0n) is 36.0. The zero-order valence-corrected chi connectivity index (χ0v) is 36.9. The summed E-state index contributed by atoms with van der Waals surface area (Å²) in [7, 11) is -5.16. The molecule has 0 spiro atoms. The molecule has 60 heavy (non-hydrogen) atoms. The summed E-state index contributed by atoms with van der Waals surface area (Å²) in [5.74, 6) is -1.17. The second kappa shape index (κ2) is 34.8. The van der Waals surface area contributed by atoms with Crippen LogP contribution in [0.4, 0.5) is 0 Å². The van der Waals surface area contributed by atoms with Gasteiger partial charge in [-0.05, 0) is 76.7 Å². The van der Waals surface area contributed by atoms with Gasteiger partial charge in [-0.25, -0.2) is 4.57 Å². The maximum Gasteiger partial charge on any atom is 0.472 e. The van der Waals surface area contributed by atoms with Gasteiger partial charge < -0.3 is 39.9 Å². The summed E-state index contributed by atoms with van der Waals surface area (Å²) < 4.78 is 33.3. The lowest BCUT2D eigenvalue weighted by atomic mass is 9.85. The van der Waals surface area contributed by atoms with Crippen LogP contribution in [0.3, 0.4) is 0 Å². The number of aliphatic hydroxyl groups excluding tert-OH is 5. The number of ether oxygens (including phenoxy) is 2. The van der Waals surface area contributed by atoms with Crippen molar-refractivity contribution in [1.82, 2.24) is 0 Å². The smallest absolute Gasteiger partial charge is 0.462 e. The number of phosphoric ester groups is 1. The first kappa shape index (κ1) is 55.2. The van der Waals surface area contributed by atoms with Gasteiger partial charge in [-0.3, -0.25) is 23.4 Å². The normalized spacial score (nSPS) is 22.7. The molecule has 1 aliphatic rings. The van der Waals surface area contributed by atoms with Crippen molar-refractivity contribution in [3.63, 3.8) is 0 Å². The molecule has 344 valence electrons. The van der Waals surface area contributed by atoms with Crippen LogP contribution in [0.25, 0.3) is 0 Å². The lowest BCUT2D eigenvalue weighted by molar-refractivity contribution is -0.220. The number of aliphatic hydroxyl groups is 5. The van der Waals surface area contributed by atoms with Gasteiger partial charge in [0.25, 0.3) is 0 Å². The number of rotatable bonds is 35. The van der Waals surface area contributed by atoms with Gasteiger partial charge in [-0.1, -0.05) is 113 Å². The maximum atomic E-state index is 12.8. The molecule has 0 heterocycles. The molecule has 3 unspecified atom stereocenters. The van der Waals surface area contributed by atoms with Gasteiger partial charge >= 0.3 is 19.8 Å². The minimum atomic E-state index is -5.16. The molecule has 0 bridgehead atoms. The Morgan fingerprint density at radius 3 is 1.65 bits per heavy atom. The van der Waals surface area contributed by atoms with E-state index in [0.29, 0.717) is 25.7 Å². The first-order valence-corrected chi connectivity index (χ1v) is 23.5. The largest absolute Gasteiger partial charge is 0.472 e. The third-order valence-electron chi connectivity index (χ3n) is 9.81. The van der Waals surface area contributed by atoms with Crippen molar-refractivity contribution >= 4 is 25.5 Å². The van der Waals surface area contributed by atoms with E-state index in [1.54, 1.807) is 12.2 Å².